The maximum absolute atomic E-state index is 11.6. The number of rotatable bonds is 3. The van der Waals surface area contributed by atoms with Crippen LogP contribution in [0.5, 0.6) is 0 Å². The zero-order valence-corrected chi connectivity index (χ0v) is 11.0. The summed E-state index contributed by atoms with van der Waals surface area (Å²) in [6, 6.07) is 0.486. The zero-order valence-electron chi connectivity index (χ0n) is 11.0. The molecule has 0 amide bonds. The Labute approximate surface area is 103 Å². The van der Waals surface area contributed by atoms with Gasteiger partial charge in [0.25, 0.3) is 0 Å². The number of nitrogens with zero attached hydrogens (tertiary/aromatic N) is 2. The van der Waals surface area contributed by atoms with Gasteiger partial charge in [0.05, 0.1) is 17.8 Å². The third-order valence-corrected chi connectivity index (χ3v) is 4.19. The Morgan fingerprint density at radius 3 is 2.82 bits per heavy atom. The molecule has 0 aromatic carbocycles. The average Bonchev–Trinajstić information content (AvgIpc) is 2.81. The number of Topliss-reactive ketones (excluding diaryl/α,β-unsaturated/α-hetero) is 1. The fourth-order valence-electron chi connectivity index (χ4n) is 2.65. The van der Waals surface area contributed by atoms with Crippen LogP contribution in [0, 0.1) is 11.8 Å². The van der Waals surface area contributed by atoms with Crippen LogP contribution in [0.15, 0.2) is 12.4 Å². The molecule has 2 rings (SSSR count). The summed E-state index contributed by atoms with van der Waals surface area (Å²) in [5, 5.41) is 4.36. The van der Waals surface area contributed by atoms with Crippen LogP contribution < -0.4 is 0 Å². The van der Waals surface area contributed by atoms with Crippen molar-refractivity contribution in [1.82, 2.24) is 9.78 Å². The summed E-state index contributed by atoms with van der Waals surface area (Å²) in [5.74, 6) is 1.76. The van der Waals surface area contributed by atoms with E-state index in [9.17, 15) is 4.79 Å². The standard InChI is InChI=1S/C14H22N2O/c1-4-14(17)12-8-15-16(9-12)13-6-5-10(2)11(3)7-13/h8-11,13H,4-7H2,1-3H3. The third kappa shape index (κ3) is 2.59. The summed E-state index contributed by atoms with van der Waals surface area (Å²) in [5.41, 5.74) is 0.763. The molecule has 3 heteroatoms. The number of hydrogen-bond acceptors (Lipinski definition) is 2. The Bertz CT molecular complexity index is 397. The van der Waals surface area contributed by atoms with E-state index in [1.165, 1.54) is 19.3 Å². The van der Waals surface area contributed by atoms with Gasteiger partial charge in [-0.15, -0.1) is 0 Å². The van der Waals surface area contributed by atoms with Crippen molar-refractivity contribution in [2.75, 3.05) is 0 Å². The Kier molecular flexibility index (Phi) is 3.65. The first-order valence-corrected chi connectivity index (χ1v) is 6.69. The van der Waals surface area contributed by atoms with Crippen LogP contribution in [0.2, 0.25) is 0 Å². The van der Waals surface area contributed by atoms with Crippen molar-refractivity contribution in [2.24, 2.45) is 11.8 Å². The molecule has 3 unspecified atom stereocenters. The van der Waals surface area contributed by atoms with E-state index in [0.717, 1.165) is 17.4 Å². The van der Waals surface area contributed by atoms with Crippen LogP contribution in [-0.2, 0) is 0 Å². The van der Waals surface area contributed by atoms with Gasteiger partial charge in [-0.25, -0.2) is 0 Å². The van der Waals surface area contributed by atoms with Crippen LogP contribution in [0.25, 0.3) is 0 Å². The van der Waals surface area contributed by atoms with E-state index in [0.29, 0.717) is 12.5 Å². The van der Waals surface area contributed by atoms with Gasteiger partial charge in [0.2, 0.25) is 0 Å². The quantitative estimate of drug-likeness (QED) is 0.750. The van der Waals surface area contributed by atoms with Gasteiger partial charge in [0.1, 0.15) is 0 Å². The summed E-state index contributed by atoms with van der Waals surface area (Å²) in [7, 11) is 0. The van der Waals surface area contributed by atoms with Crippen molar-refractivity contribution in [1.29, 1.82) is 0 Å². The molecular weight excluding hydrogens is 212 g/mol. The molecule has 3 nitrogen and oxygen atoms in total. The minimum Gasteiger partial charge on any atom is -0.294 e. The number of hydrogen-bond donors (Lipinski definition) is 0. The average molecular weight is 234 g/mol. The predicted octanol–water partition coefficient (Wildman–Crippen LogP) is 3.47. The number of carbonyl (C=O) groups excluding carboxylic acids is 1. The molecule has 1 heterocycles. The number of carbonyl (C=O) groups is 1. The van der Waals surface area contributed by atoms with E-state index < -0.39 is 0 Å². The van der Waals surface area contributed by atoms with E-state index in [1.54, 1.807) is 6.20 Å². The predicted molar refractivity (Wildman–Crippen MR) is 68.1 cm³/mol. The lowest BCUT2D eigenvalue weighted by atomic mass is 9.79. The molecule has 94 valence electrons. The molecular formula is C14H22N2O. The van der Waals surface area contributed by atoms with Gasteiger partial charge in [-0.05, 0) is 31.1 Å². The number of ketones is 1. The van der Waals surface area contributed by atoms with Crippen LogP contribution in [0.4, 0.5) is 0 Å². The monoisotopic (exact) mass is 234 g/mol. The summed E-state index contributed by atoms with van der Waals surface area (Å²) in [4.78, 5) is 11.6. The van der Waals surface area contributed by atoms with Crippen molar-refractivity contribution in [3.8, 4) is 0 Å². The third-order valence-electron chi connectivity index (χ3n) is 4.19. The van der Waals surface area contributed by atoms with Crippen molar-refractivity contribution >= 4 is 5.78 Å². The molecule has 0 bridgehead atoms. The Morgan fingerprint density at radius 2 is 2.18 bits per heavy atom. The van der Waals surface area contributed by atoms with E-state index in [4.69, 9.17) is 0 Å². The van der Waals surface area contributed by atoms with Gasteiger partial charge in [0.15, 0.2) is 5.78 Å². The summed E-state index contributed by atoms with van der Waals surface area (Å²) in [6.07, 6.45) is 7.84. The molecule has 0 radical (unpaired) electrons. The van der Waals surface area contributed by atoms with Crippen molar-refractivity contribution in [2.45, 2.75) is 52.5 Å². The molecule has 1 aromatic heterocycles. The van der Waals surface area contributed by atoms with Crippen molar-refractivity contribution in [3.05, 3.63) is 18.0 Å². The molecule has 1 aliphatic rings. The van der Waals surface area contributed by atoms with E-state index in [1.807, 2.05) is 17.8 Å². The first-order chi connectivity index (χ1) is 8.11. The highest BCUT2D eigenvalue weighted by Crippen LogP contribution is 2.35. The van der Waals surface area contributed by atoms with Gasteiger partial charge in [0, 0.05) is 12.6 Å². The fraction of sp³-hybridized carbons (Fsp3) is 0.714. The largest absolute Gasteiger partial charge is 0.294 e. The van der Waals surface area contributed by atoms with Gasteiger partial charge >= 0.3 is 0 Å². The van der Waals surface area contributed by atoms with Crippen LogP contribution in [-0.4, -0.2) is 15.6 Å². The SMILES string of the molecule is CCC(=O)c1cnn(C2CCC(C)C(C)C2)c1. The van der Waals surface area contributed by atoms with Crippen molar-refractivity contribution in [3.63, 3.8) is 0 Å². The van der Waals surface area contributed by atoms with E-state index in [-0.39, 0.29) is 5.78 Å². The van der Waals surface area contributed by atoms with Gasteiger partial charge in [-0.1, -0.05) is 20.8 Å². The second-order valence-corrected chi connectivity index (χ2v) is 5.41. The normalized spacial score (nSPS) is 29.2. The Morgan fingerprint density at radius 1 is 1.41 bits per heavy atom. The topological polar surface area (TPSA) is 34.9 Å². The molecule has 0 aliphatic heterocycles. The second-order valence-electron chi connectivity index (χ2n) is 5.41. The lowest BCUT2D eigenvalue weighted by molar-refractivity contribution is 0.0988. The van der Waals surface area contributed by atoms with Crippen LogP contribution in [0.3, 0.4) is 0 Å². The minimum atomic E-state index is 0.188. The van der Waals surface area contributed by atoms with Crippen molar-refractivity contribution < 1.29 is 4.79 Å². The fourth-order valence-corrected chi connectivity index (χ4v) is 2.65. The van der Waals surface area contributed by atoms with Crippen LogP contribution in [0.1, 0.15) is 62.9 Å². The maximum Gasteiger partial charge on any atom is 0.165 e. The first-order valence-electron chi connectivity index (χ1n) is 6.69. The molecule has 17 heavy (non-hydrogen) atoms. The summed E-state index contributed by atoms with van der Waals surface area (Å²) < 4.78 is 2.01. The lowest BCUT2D eigenvalue weighted by Gasteiger charge is -2.32. The van der Waals surface area contributed by atoms with E-state index in [2.05, 4.69) is 18.9 Å². The van der Waals surface area contributed by atoms with Gasteiger partial charge in [-0.3, -0.25) is 9.48 Å². The molecule has 1 fully saturated rings. The molecule has 0 saturated heterocycles. The highest BCUT2D eigenvalue weighted by molar-refractivity contribution is 5.95. The smallest absolute Gasteiger partial charge is 0.165 e. The summed E-state index contributed by atoms with van der Waals surface area (Å²) >= 11 is 0. The highest BCUT2D eigenvalue weighted by Gasteiger charge is 2.26. The zero-order chi connectivity index (χ0) is 12.4. The molecule has 3 atom stereocenters. The lowest BCUT2D eigenvalue weighted by Crippen LogP contribution is -2.23. The molecule has 0 N–H and O–H groups in total. The summed E-state index contributed by atoms with van der Waals surface area (Å²) in [6.45, 7) is 6.54. The van der Waals surface area contributed by atoms with Crippen LogP contribution >= 0.6 is 0 Å². The van der Waals surface area contributed by atoms with Gasteiger partial charge in [-0.2, -0.15) is 5.10 Å². The Hall–Kier alpha value is -1.12. The molecule has 1 aromatic rings. The van der Waals surface area contributed by atoms with E-state index >= 15 is 0 Å². The Balaban J connectivity index is 2.08. The first kappa shape index (κ1) is 12.3. The minimum absolute atomic E-state index is 0.188. The molecule has 1 saturated carbocycles. The second kappa shape index (κ2) is 5.03. The molecule has 1 aliphatic carbocycles. The number of aromatic nitrogens is 2. The highest BCUT2D eigenvalue weighted by atomic mass is 16.1. The van der Waals surface area contributed by atoms with Gasteiger partial charge < -0.3 is 0 Å². The maximum atomic E-state index is 11.6. The molecule has 0 spiro atoms.